The largest absolute Gasteiger partial charge is 0.453 e. The molecule has 6 nitrogen and oxygen atoms in total. The van der Waals surface area contributed by atoms with Crippen LogP contribution in [-0.2, 0) is 18.2 Å². The Bertz CT molecular complexity index is 901. The van der Waals surface area contributed by atoms with E-state index in [2.05, 4.69) is 17.0 Å². The number of fused-ring (bicyclic) bond motifs is 1. The predicted molar refractivity (Wildman–Crippen MR) is 90.2 cm³/mol. The molecule has 1 N–H and O–H groups in total. The van der Waals surface area contributed by atoms with E-state index < -0.39 is 5.97 Å². The third kappa shape index (κ3) is 2.82. The number of carbonyl (C=O) groups excluding carboxylic acids is 2. The van der Waals surface area contributed by atoms with Crippen LogP contribution in [0.2, 0.25) is 0 Å². The van der Waals surface area contributed by atoms with Crippen LogP contribution in [0.4, 0.5) is 0 Å². The number of aromatic amines is 1. The van der Waals surface area contributed by atoms with E-state index in [1.54, 1.807) is 24.0 Å². The van der Waals surface area contributed by atoms with Crippen molar-refractivity contribution < 1.29 is 14.3 Å². The van der Waals surface area contributed by atoms with E-state index in [1.165, 1.54) is 0 Å². The summed E-state index contributed by atoms with van der Waals surface area (Å²) in [6, 6.07) is 7.47. The third-order valence-electron chi connectivity index (χ3n) is 4.14. The van der Waals surface area contributed by atoms with E-state index in [-0.39, 0.29) is 18.1 Å². The van der Waals surface area contributed by atoms with Crippen molar-refractivity contribution in [3.63, 3.8) is 0 Å². The van der Waals surface area contributed by atoms with Crippen molar-refractivity contribution in [3.8, 4) is 0 Å². The topological polar surface area (TPSA) is 77.0 Å². The minimum absolute atomic E-state index is 0.204. The molecule has 0 atom stereocenters. The Morgan fingerprint density at radius 3 is 2.79 bits per heavy atom. The van der Waals surface area contributed by atoms with E-state index in [0.717, 1.165) is 28.6 Å². The molecule has 0 radical (unpaired) electrons. The van der Waals surface area contributed by atoms with Gasteiger partial charge in [0, 0.05) is 35.4 Å². The van der Waals surface area contributed by atoms with Crippen molar-refractivity contribution in [3.05, 3.63) is 53.0 Å². The van der Waals surface area contributed by atoms with Gasteiger partial charge in [-0.2, -0.15) is 5.10 Å². The standard InChI is InChI=1S/C18H19N3O3/c1-4-12-6-5-7-13-14(9-19-17(12)13)16(22)10-24-18(23)15-8-11(2)21(3)20-15/h5-9,19H,4,10H2,1-3H3. The van der Waals surface area contributed by atoms with Crippen LogP contribution in [0.5, 0.6) is 0 Å². The molecule has 2 aromatic heterocycles. The van der Waals surface area contributed by atoms with Gasteiger partial charge in [0.2, 0.25) is 5.78 Å². The average molecular weight is 325 g/mol. The van der Waals surface area contributed by atoms with Crippen LogP contribution in [0.15, 0.2) is 30.5 Å². The Hall–Kier alpha value is -2.89. The van der Waals surface area contributed by atoms with Gasteiger partial charge in [0.15, 0.2) is 12.3 Å². The second kappa shape index (κ2) is 6.31. The van der Waals surface area contributed by atoms with Gasteiger partial charge < -0.3 is 9.72 Å². The highest BCUT2D eigenvalue weighted by Gasteiger charge is 2.18. The molecule has 3 rings (SSSR count). The van der Waals surface area contributed by atoms with Gasteiger partial charge in [-0.05, 0) is 25.0 Å². The summed E-state index contributed by atoms with van der Waals surface area (Å²) in [5, 5.41) is 4.90. The van der Waals surface area contributed by atoms with Crippen LogP contribution in [0.25, 0.3) is 10.9 Å². The molecular formula is C18H19N3O3. The number of esters is 1. The Balaban J connectivity index is 1.75. The first kappa shape index (κ1) is 16.0. The lowest BCUT2D eigenvalue weighted by atomic mass is 10.1. The quantitative estimate of drug-likeness (QED) is 0.578. The highest BCUT2D eigenvalue weighted by molar-refractivity contribution is 6.09. The van der Waals surface area contributed by atoms with Crippen LogP contribution < -0.4 is 0 Å². The lowest BCUT2D eigenvalue weighted by Crippen LogP contribution is -2.14. The minimum Gasteiger partial charge on any atom is -0.453 e. The minimum atomic E-state index is -0.596. The van der Waals surface area contributed by atoms with Crippen molar-refractivity contribution in [1.29, 1.82) is 0 Å². The molecule has 0 bridgehead atoms. The Kier molecular flexibility index (Phi) is 4.20. The number of Topliss-reactive ketones (excluding diaryl/α,β-unsaturated/α-hetero) is 1. The predicted octanol–water partition coefficient (Wildman–Crippen LogP) is 2.81. The number of carbonyl (C=O) groups is 2. The molecule has 0 spiro atoms. The number of benzene rings is 1. The zero-order valence-electron chi connectivity index (χ0n) is 13.9. The Morgan fingerprint density at radius 1 is 1.33 bits per heavy atom. The molecule has 0 saturated carbocycles. The van der Waals surface area contributed by atoms with Crippen molar-refractivity contribution in [2.75, 3.05) is 6.61 Å². The molecule has 0 aliphatic carbocycles. The van der Waals surface area contributed by atoms with Gasteiger partial charge in [0.05, 0.1) is 0 Å². The smallest absolute Gasteiger partial charge is 0.359 e. The molecule has 3 aromatic rings. The first-order valence-corrected chi connectivity index (χ1v) is 7.81. The summed E-state index contributed by atoms with van der Waals surface area (Å²) in [4.78, 5) is 27.5. The summed E-state index contributed by atoms with van der Waals surface area (Å²) in [6.45, 7) is 3.59. The van der Waals surface area contributed by atoms with Crippen LogP contribution >= 0.6 is 0 Å². The van der Waals surface area contributed by atoms with Gasteiger partial charge in [0.1, 0.15) is 0 Å². The van der Waals surface area contributed by atoms with Crippen LogP contribution in [0.1, 0.15) is 39.0 Å². The van der Waals surface area contributed by atoms with Crippen molar-refractivity contribution in [2.45, 2.75) is 20.3 Å². The van der Waals surface area contributed by atoms with Crippen molar-refractivity contribution >= 4 is 22.7 Å². The fourth-order valence-electron chi connectivity index (χ4n) is 2.69. The summed E-state index contributed by atoms with van der Waals surface area (Å²) >= 11 is 0. The number of ether oxygens (including phenoxy) is 1. The molecule has 0 aliphatic heterocycles. The fourth-order valence-corrected chi connectivity index (χ4v) is 2.69. The second-order valence-electron chi connectivity index (χ2n) is 5.69. The number of para-hydroxylation sites is 1. The number of aryl methyl sites for hydroxylation is 3. The van der Waals surface area contributed by atoms with E-state index in [1.807, 2.05) is 25.1 Å². The van der Waals surface area contributed by atoms with E-state index in [9.17, 15) is 9.59 Å². The maximum atomic E-state index is 12.4. The number of H-pyrrole nitrogens is 1. The van der Waals surface area contributed by atoms with Crippen molar-refractivity contribution in [1.82, 2.24) is 14.8 Å². The summed E-state index contributed by atoms with van der Waals surface area (Å²) in [7, 11) is 1.74. The number of nitrogens with one attached hydrogen (secondary N) is 1. The van der Waals surface area contributed by atoms with Gasteiger partial charge in [0.25, 0.3) is 0 Å². The van der Waals surface area contributed by atoms with Gasteiger partial charge >= 0.3 is 5.97 Å². The maximum absolute atomic E-state index is 12.4. The number of rotatable bonds is 5. The normalized spacial score (nSPS) is 11.0. The third-order valence-corrected chi connectivity index (χ3v) is 4.14. The van der Waals surface area contributed by atoms with Gasteiger partial charge in [-0.1, -0.05) is 25.1 Å². The molecule has 0 saturated heterocycles. The number of hydrogen-bond donors (Lipinski definition) is 1. The summed E-state index contributed by atoms with van der Waals surface area (Å²) < 4.78 is 6.70. The molecule has 24 heavy (non-hydrogen) atoms. The van der Waals surface area contributed by atoms with Crippen LogP contribution in [0.3, 0.4) is 0 Å². The van der Waals surface area contributed by atoms with Crippen molar-refractivity contribution in [2.24, 2.45) is 7.05 Å². The zero-order valence-corrected chi connectivity index (χ0v) is 13.9. The number of aromatic nitrogens is 3. The summed E-state index contributed by atoms with van der Waals surface area (Å²) in [6.07, 6.45) is 2.55. The average Bonchev–Trinajstić information content (AvgIpc) is 3.16. The zero-order chi connectivity index (χ0) is 17.3. The molecule has 124 valence electrons. The number of nitrogens with zero attached hydrogens (tertiary/aromatic N) is 2. The first-order valence-electron chi connectivity index (χ1n) is 7.81. The van der Waals surface area contributed by atoms with E-state index >= 15 is 0 Å². The van der Waals surface area contributed by atoms with Crippen LogP contribution in [-0.4, -0.2) is 33.1 Å². The molecule has 0 unspecified atom stereocenters. The first-order chi connectivity index (χ1) is 11.5. The van der Waals surface area contributed by atoms with Gasteiger partial charge in [-0.3, -0.25) is 9.48 Å². The monoisotopic (exact) mass is 325 g/mol. The molecule has 2 heterocycles. The molecule has 0 fully saturated rings. The molecule has 1 aromatic carbocycles. The van der Waals surface area contributed by atoms with Gasteiger partial charge in [-0.15, -0.1) is 0 Å². The second-order valence-corrected chi connectivity index (χ2v) is 5.69. The van der Waals surface area contributed by atoms with E-state index in [0.29, 0.717) is 5.56 Å². The van der Waals surface area contributed by atoms with E-state index in [4.69, 9.17) is 4.74 Å². The molecule has 0 aliphatic rings. The lowest BCUT2D eigenvalue weighted by Gasteiger charge is -2.03. The SMILES string of the molecule is CCc1cccc2c(C(=O)COC(=O)c3cc(C)n(C)n3)c[nH]c12. The summed E-state index contributed by atoms with van der Waals surface area (Å²) in [5.41, 5.74) is 3.68. The Morgan fingerprint density at radius 2 is 2.12 bits per heavy atom. The van der Waals surface area contributed by atoms with Gasteiger partial charge in [-0.25, -0.2) is 4.79 Å². The highest BCUT2D eigenvalue weighted by Crippen LogP contribution is 2.22. The van der Waals surface area contributed by atoms with Crippen LogP contribution in [0, 0.1) is 6.92 Å². The summed E-state index contributed by atoms with van der Waals surface area (Å²) in [5.74, 6) is -0.836. The molecule has 0 amide bonds. The number of hydrogen-bond acceptors (Lipinski definition) is 4. The highest BCUT2D eigenvalue weighted by atomic mass is 16.5. The maximum Gasteiger partial charge on any atom is 0.359 e. The molecular weight excluding hydrogens is 306 g/mol. The lowest BCUT2D eigenvalue weighted by molar-refractivity contribution is 0.0468. The number of ketones is 1. The molecule has 6 heteroatoms. The Labute approximate surface area is 139 Å². The fraction of sp³-hybridized carbons (Fsp3) is 0.278.